The number of nitrogens with zero attached hydrogens (tertiary/aromatic N) is 2. The minimum Gasteiger partial charge on any atom is -0.370 e. The first-order valence-corrected chi connectivity index (χ1v) is 8.71. The van der Waals surface area contributed by atoms with Crippen molar-refractivity contribution in [1.29, 1.82) is 0 Å². The normalized spacial score (nSPS) is 14.3. The van der Waals surface area contributed by atoms with E-state index >= 15 is 0 Å². The molecule has 2 aromatic rings. The fourth-order valence-corrected chi connectivity index (χ4v) is 4.01. The Morgan fingerprint density at radius 2 is 2.04 bits per heavy atom. The Hall–Kier alpha value is -2.19. The zero-order valence-corrected chi connectivity index (χ0v) is 13.9. The lowest BCUT2D eigenvalue weighted by atomic mass is 10.1. The molecule has 1 heterocycles. The number of fused-ring (bicyclic) bond motifs is 1. The first-order chi connectivity index (χ1) is 10.8. The maximum Gasteiger partial charge on any atom is 0.241 e. The third kappa shape index (κ3) is 4.40. The van der Waals surface area contributed by atoms with Gasteiger partial charge in [-0.3, -0.25) is 9.98 Å². The van der Waals surface area contributed by atoms with Crippen LogP contribution in [0.2, 0.25) is 0 Å². The molecule has 0 radical (unpaired) electrons. The van der Waals surface area contributed by atoms with Crippen molar-refractivity contribution >= 4 is 26.8 Å². The molecular formula is C15H21N5O2S. The lowest BCUT2D eigenvalue weighted by Gasteiger charge is -2.17. The van der Waals surface area contributed by atoms with E-state index in [1.165, 1.54) is 0 Å². The number of hydrogen-bond acceptors (Lipinski definition) is 4. The van der Waals surface area contributed by atoms with Crippen LogP contribution in [0.1, 0.15) is 20.3 Å². The van der Waals surface area contributed by atoms with Gasteiger partial charge in [-0.15, -0.1) is 0 Å². The van der Waals surface area contributed by atoms with Crippen LogP contribution in [0, 0.1) is 0 Å². The van der Waals surface area contributed by atoms with Gasteiger partial charge >= 0.3 is 0 Å². The van der Waals surface area contributed by atoms with Crippen LogP contribution in [0.4, 0.5) is 0 Å². The summed E-state index contributed by atoms with van der Waals surface area (Å²) in [5, 5.41) is 1.41. The summed E-state index contributed by atoms with van der Waals surface area (Å²) in [7, 11) is -3.65. The van der Waals surface area contributed by atoms with E-state index in [0.717, 1.165) is 5.39 Å². The first-order valence-electron chi connectivity index (χ1n) is 7.23. The average molecular weight is 335 g/mol. The lowest BCUT2D eigenvalue weighted by molar-refractivity contribution is 0.520. The van der Waals surface area contributed by atoms with E-state index in [-0.39, 0.29) is 22.9 Å². The topological polar surface area (TPSA) is 123 Å². The fourth-order valence-electron chi connectivity index (χ4n) is 2.52. The molecule has 2 atom stereocenters. The molecule has 0 spiro atoms. The number of rotatable bonds is 6. The SMILES string of the molecule is CC(CC(C)NS(=O)(=O)c1cccc2cnccc12)N=C(N)N. The molecule has 0 bridgehead atoms. The van der Waals surface area contributed by atoms with Crippen molar-refractivity contribution in [3.05, 3.63) is 36.7 Å². The van der Waals surface area contributed by atoms with Crippen molar-refractivity contribution < 1.29 is 8.42 Å². The number of aliphatic imine (C=N–C) groups is 1. The molecule has 0 aliphatic heterocycles. The van der Waals surface area contributed by atoms with Gasteiger partial charge in [-0.05, 0) is 32.4 Å². The highest BCUT2D eigenvalue weighted by Gasteiger charge is 2.20. The highest BCUT2D eigenvalue weighted by atomic mass is 32.2. The Balaban J connectivity index is 2.23. The Morgan fingerprint density at radius 3 is 2.74 bits per heavy atom. The highest BCUT2D eigenvalue weighted by molar-refractivity contribution is 7.89. The van der Waals surface area contributed by atoms with Crippen molar-refractivity contribution in [2.24, 2.45) is 16.5 Å². The van der Waals surface area contributed by atoms with Crippen LogP contribution >= 0.6 is 0 Å². The van der Waals surface area contributed by atoms with Crippen molar-refractivity contribution in [3.8, 4) is 0 Å². The number of nitrogens with two attached hydrogens (primary N) is 2. The molecule has 8 heteroatoms. The third-order valence-electron chi connectivity index (χ3n) is 3.35. The average Bonchev–Trinajstić information content (AvgIpc) is 2.44. The smallest absolute Gasteiger partial charge is 0.241 e. The minimum atomic E-state index is -3.65. The molecule has 7 nitrogen and oxygen atoms in total. The molecule has 5 N–H and O–H groups in total. The highest BCUT2D eigenvalue weighted by Crippen LogP contribution is 2.22. The van der Waals surface area contributed by atoms with Crippen molar-refractivity contribution in [2.45, 2.75) is 37.2 Å². The van der Waals surface area contributed by atoms with Crippen LogP contribution < -0.4 is 16.2 Å². The summed E-state index contributed by atoms with van der Waals surface area (Å²) in [5.41, 5.74) is 10.7. The zero-order valence-electron chi connectivity index (χ0n) is 13.1. The molecule has 1 aromatic carbocycles. The number of pyridine rings is 1. The largest absolute Gasteiger partial charge is 0.370 e. The molecule has 1 aromatic heterocycles. The number of nitrogens with one attached hydrogen (secondary N) is 1. The Kier molecular flexibility index (Phi) is 5.17. The molecule has 0 saturated heterocycles. The van der Waals surface area contributed by atoms with Gasteiger partial charge in [0.1, 0.15) is 0 Å². The van der Waals surface area contributed by atoms with Crippen LogP contribution in [-0.4, -0.2) is 31.4 Å². The number of aromatic nitrogens is 1. The number of hydrogen-bond donors (Lipinski definition) is 3. The van der Waals surface area contributed by atoms with Gasteiger partial charge in [0.15, 0.2) is 5.96 Å². The van der Waals surface area contributed by atoms with Crippen LogP contribution in [0.15, 0.2) is 46.5 Å². The number of benzene rings is 1. The predicted molar refractivity (Wildman–Crippen MR) is 91.4 cm³/mol. The summed E-state index contributed by atoms with van der Waals surface area (Å²) in [5.74, 6) is -0.00545. The van der Waals surface area contributed by atoms with E-state index in [1.54, 1.807) is 37.5 Å². The Morgan fingerprint density at radius 1 is 1.30 bits per heavy atom. The Bertz CT molecular complexity index is 810. The molecule has 2 unspecified atom stereocenters. The zero-order chi connectivity index (χ0) is 17.0. The number of sulfonamides is 1. The van der Waals surface area contributed by atoms with Crippen molar-refractivity contribution in [3.63, 3.8) is 0 Å². The second-order valence-corrected chi connectivity index (χ2v) is 7.20. The van der Waals surface area contributed by atoms with E-state index in [0.29, 0.717) is 11.8 Å². The van der Waals surface area contributed by atoms with Gasteiger partial charge in [0.25, 0.3) is 0 Å². The van der Waals surface area contributed by atoms with Gasteiger partial charge < -0.3 is 11.5 Å². The van der Waals surface area contributed by atoms with Gasteiger partial charge in [-0.2, -0.15) is 0 Å². The van der Waals surface area contributed by atoms with Crippen LogP contribution in [0.25, 0.3) is 10.8 Å². The van der Waals surface area contributed by atoms with E-state index < -0.39 is 10.0 Å². The van der Waals surface area contributed by atoms with Gasteiger partial charge in [0, 0.05) is 29.2 Å². The monoisotopic (exact) mass is 335 g/mol. The summed E-state index contributed by atoms with van der Waals surface area (Å²) in [6, 6.07) is 6.31. The van der Waals surface area contributed by atoms with Crippen LogP contribution in [0.5, 0.6) is 0 Å². The molecule has 23 heavy (non-hydrogen) atoms. The van der Waals surface area contributed by atoms with Crippen molar-refractivity contribution in [1.82, 2.24) is 9.71 Å². The third-order valence-corrected chi connectivity index (χ3v) is 5.00. The summed E-state index contributed by atoms with van der Waals surface area (Å²) in [4.78, 5) is 8.24. The van der Waals surface area contributed by atoms with Gasteiger partial charge in [-0.1, -0.05) is 12.1 Å². The Labute approximate surface area is 135 Å². The second-order valence-electron chi connectivity index (χ2n) is 5.51. The van der Waals surface area contributed by atoms with Crippen molar-refractivity contribution in [2.75, 3.05) is 0 Å². The summed E-state index contributed by atoms with van der Waals surface area (Å²) in [6.07, 6.45) is 3.70. The molecule has 124 valence electrons. The maximum absolute atomic E-state index is 12.6. The molecule has 2 rings (SSSR count). The molecule has 0 saturated carbocycles. The standard InChI is InChI=1S/C15H21N5O2S/c1-10(19-15(16)17)8-11(2)20-23(21,22)14-5-3-4-12-9-18-7-6-13(12)14/h3-7,9-11,20H,8H2,1-2H3,(H4,16,17,19). The van der Waals surface area contributed by atoms with E-state index in [2.05, 4.69) is 14.7 Å². The molecule has 0 aliphatic carbocycles. The van der Waals surface area contributed by atoms with Crippen LogP contribution in [0.3, 0.4) is 0 Å². The lowest BCUT2D eigenvalue weighted by Crippen LogP contribution is -2.35. The molecule has 0 amide bonds. The predicted octanol–water partition coefficient (Wildman–Crippen LogP) is 0.954. The van der Waals surface area contributed by atoms with E-state index in [9.17, 15) is 8.42 Å². The van der Waals surface area contributed by atoms with Gasteiger partial charge in [0.2, 0.25) is 10.0 Å². The molecule has 0 fully saturated rings. The van der Waals surface area contributed by atoms with Gasteiger partial charge in [-0.25, -0.2) is 13.1 Å². The molecule has 0 aliphatic rings. The van der Waals surface area contributed by atoms with Crippen LogP contribution in [-0.2, 0) is 10.0 Å². The second kappa shape index (κ2) is 6.93. The first kappa shape index (κ1) is 17.2. The van der Waals surface area contributed by atoms with E-state index in [1.807, 2.05) is 13.0 Å². The maximum atomic E-state index is 12.6. The quantitative estimate of drug-likeness (QED) is 0.536. The molecular weight excluding hydrogens is 314 g/mol. The summed E-state index contributed by atoms with van der Waals surface area (Å²) >= 11 is 0. The fraction of sp³-hybridized carbons (Fsp3) is 0.333. The summed E-state index contributed by atoms with van der Waals surface area (Å²) < 4.78 is 28.0. The van der Waals surface area contributed by atoms with E-state index in [4.69, 9.17) is 11.5 Å². The minimum absolute atomic E-state index is 0.00545. The van der Waals surface area contributed by atoms with Gasteiger partial charge in [0.05, 0.1) is 10.9 Å². The number of guanidine groups is 1. The summed E-state index contributed by atoms with van der Waals surface area (Å²) in [6.45, 7) is 3.61.